The molecule has 0 spiro atoms. The quantitative estimate of drug-likeness (QED) is 0.667. The third-order valence-corrected chi connectivity index (χ3v) is 1.87. The molecule has 0 saturated heterocycles. The van der Waals surface area contributed by atoms with E-state index in [1.54, 1.807) is 4.68 Å². The number of hydrogen-bond acceptors (Lipinski definition) is 3. The van der Waals surface area contributed by atoms with Gasteiger partial charge < -0.3 is 11.5 Å². The third kappa shape index (κ3) is 2.29. The molecule has 4 N–H and O–H groups in total. The minimum absolute atomic E-state index is 0.159. The fourth-order valence-corrected chi connectivity index (χ4v) is 1.31. The zero-order chi connectivity index (χ0) is 10.0. The fourth-order valence-electron chi connectivity index (χ4n) is 1.31. The number of primary amides is 1. The van der Waals surface area contributed by atoms with Crippen LogP contribution in [0.5, 0.6) is 0 Å². The Morgan fingerprint density at radius 3 is 2.77 bits per heavy atom. The van der Waals surface area contributed by atoms with Crippen molar-refractivity contribution in [3.8, 4) is 0 Å². The number of carbonyl (C=O) groups excluding carboxylic acids is 1. The number of nitrogens with zero attached hydrogens (tertiary/aromatic N) is 2. The number of carbonyl (C=O) groups is 1. The molecular weight excluding hydrogens is 168 g/mol. The van der Waals surface area contributed by atoms with Crippen molar-refractivity contribution in [2.45, 2.75) is 19.4 Å². The lowest BCUT2D eigenvalue weighted by Gasteiger charge is -2.06. The molecule has 72 valence electrons. The topological polar surface area (TPSA) is 86.9 Å². The highest BCUT2D eigenvalue weighted by molar-refractivity contribution is 5.74. The monoisotopic (exact) mass is 182 g/mol. The highest BCUT2D eigenvalue weighted by Gasteiger charge is 2.13. The molecule has 13 heavy (non-hydrogen) atoms. The van der Waals surface area contributed by atoms with Gasteiger partial charge in [-0.25, -0.2) is 0 Å². The summed E-state index contributed by atoms with van der Waals surface area (Å²) in [4.78, 5) is 10.6. The summed E-state index contributed by atoms with van der Waals surface area (Å²) in [7, 11) is 1.81. The summed E-state index contributed by atoms with van der Waals surface area (Å²) in [5.41, 5.74) is 12.5. The van der Waals surface area contributed by atoms with E-state index in [1.807, 2.05) is 20.2 Å². The van der Waals surface area contributed by atoms with Gasteiger partial charge in [-0.3, -0.25) is 9.48 Å². The van der Waals surface area contributed by atoms with Crippen LogP contribution in [0.3, 0.4) is 0 Å². The van der Waals surface area contributed by atoms with Gasteiger partial charge in [0.1, 0.15) is 0 Å². The van der Waals surface area contributed by atoms with Gasteiger partial charge in [0.2, 0.25) is 5.91 Å². The Morgan fingerprint density at radius 1 is 1.77 bits per heavy atom. The second-order valence-corrected chi connectivity index (χ2v) is 3.12. The molecule has 0 fully saturated rings. The van der Waals surface area contributed by atoms with Crippen molar-refractivity contribution >= 4 is 5.91 Å². The molecule has 0 aliphatic rings. The van der Waals surface area contributed by atoms with Crippen LogP contribution >= 0.6 is 0 Å². The minimum Gasteiger partial charge on any atom is -0.370 e. The van der Waals surface area contributed by atoms with Crippen LogP contribution in [0.2, 0.25) is 0 Å². The van der Waals surface area contributed by atoms with E-state index in [9.17, 15) is 4.79 Å². The first-order chi connectivity index (χ1) is 6.00. The lowest BCUT2D eigenvalue weighted by atomic mass is 10.1. The normalized spacial score (nSPS) is 12.8. The van der Waals surface area contributed by atoms with E-state index < -0.39 is 5.91 Å². The average Bonchev–Trinajstić information content (AvgIpc) is 2.28. The molecule has 0 aliphatic heterocycles. The van der Waals surface area contributed by atoms with Crippen molar-refractivity contribution in [1.82, 2.24) is 9.78 Å². The van der Waals surface area contributed by atoms with Gasteiger partial charge in [-0.05, 0) is 6.92 Å². The van der Waals surface area contributed by atoms with E-state index in [-0.39, 0.29) is 12.5 Å². The first kappa shape index (κ1) is 9.73. The number of aryl methyl sites for hydroxylation is 2. The predicted octanol–water partition coefficient (Wildman–Crippen LogP) is -0.396. The predicted molar refractivity (Wildman–Crippen MR) is 48.7 cm³/mol. The van der Waals surface area contributed by atoms with Crippen LogP contribution in [0.4, 0.5) is 0 Å². The van der Waals surface area contributed by atoms with Crippen LogP contribution < -0.4 is 11.5 Å². The van der Waals surface area contributed by atoms with Crippen LogP contribution in [0.25, 0.3) is 0 Å². The van der Waals surface area contributed by atoms with Crippen molar-refractivity contribution < 1.29 is 4.79 Å². The molecule has 5 nitrogen and oxygen atoms in total. The van der Waals surface area contributed by atoms with E-state index in [0.717, 1.165) is 11.3 Å². The van der Waals surface area contributed by atoms with Gasteiger partial charge in [0, 0.05) is 31.3 Å². The molecule has 1 aromatic rings. The smallest absolute Gasteiger partial charge is 0.219 e. The highest BCUT2D eigenvalue weighted by atomic mass is 16.1. The number of rotatable bonds is 3. The molecule has 1 rings (SSSR count). The van der Waals surface area contributed by atoms with Gasteiger partial charge >= 0.3 is 0 Å². The summed E-state index contributed by atoms with van der Waals surface area (Å²) in [6, 6.07) is -0.341. The molecule has 0 radical (unpaired) electrons. The zero-order valence-electron chi connectivity index (χ0n) is 7.82. The summed E-state index contributed by atoms with van der Waals surface area (Å²) < 4.78 is 1.67. The molecule has 1 atom stereocenters. The Hall–Kier alpha value is -1.36. The largest absolute Gasteiger partial charge is 0.370 e. The fraction of sp³-hybridized carbons (Fsp3) is 0.500. The van der Waals surface area contributed by atoms with Crippen molar-refractivity contribution in [1.29, 1.82) is 0 Å². The van der Waals surface area contributed by atoms with Gasteiger partial charge in [0.25, 0.3) is 0 Å². The van der Waals surface area contributed by atoms with Gasteiger partial charge in [-0.15, -0.1) is 0 Å². The van der Waals surface area contributed by atoms with Crippen LogP contribution in [-0.2, 0) is 11.8 Å². The molecule has 5 heteroatoms. The first-order valence-electron chi connectivity index (χ1n) is 4.04. The maximum atomic E-state index is 10.6. The standard InChI is InChI=1S/C8H14N4O/c1-5-6(4-12(2)11-5)7(9)3-8(10)13/h4,7H,3,9H2,1-2H3,(H2,10,13)/t7-/m0/s1. The van der Waals surface area contributed by atoms with Gasteiger partial charge in [-0.2, -0.15) is 5.10 Å². The van der Waals surface area contributed by atoms with Crippen LogP contribution in [-0.4, -0.2) is 15.7 Å². The van der Waals surface area contributed by atoms with E-state index in [1.165, 1.54) is 0 Å². The number of hydrogen-bond donors (Lipinski definition) is 2. The summed E-state index contributed by atoms with van der Waals surface area (Å²) in [6.45, 7) is 1.86. The van der Waals surface area contributed by atoms with E-state index in [4.69, 9.17) is 11.5 Å². The number of amides is 1. The van der Waals surface area contributed by atoms with Crippen LogP contribution in [0.1, 0.15) is 23.7 Å². The molecule has 0 aliphatic carbocycles. The zero-order valence-corrected chi connectivity index (χ0v) is 7.82. The second kappa shape index (κ2) is 3.57. The summed E-state index contributed by atoms with van der Waals surface area (Å²) in [5.74, 6) is -0.393. The molecular formula is C8H14N4O. The molecule has 1 aromatic heterocycles. The molecule has 0 bridgehead atoms. The van der Waals surface area contributed by atoms with Crippen molar-refractivity contribution in [2.24, 2.45) is 18.5 Å². The van der Waals surface area contributed by atoms with Crippen LogP contribution in [0.15, 0.2) is 6.20 Å². The molecule has 1 amide bonds. The average molecular weight is 182 g/mol. The Labute approximate surface area is 76.7 Å². The molecule has 1 heterocycles. The number of aromatic nitrogens is 2. The van der Waals surface area contributed by atoms with Crippen molar-refractivity contribution in [3.63, 3.8) is 0 Å². The molecule has 0 unspecified atom stereocenters. The minimum atomic E-state index is -0.393. The molecule has 0 aromatic carbocycles. The van der Waals surface area contributed by atoms with E-state index >= 15 is 0 Å². The molecule has 0 saturated carbocycles. The van der Waals surface area contributed by atoms with E-state index in [0.29, 0.717) is 0 Å². The third-order valence-electron chi connectivity index (χ3n) is 1.87. The summed E-state index contributed by atoms with van der Waals surface area (Å²) >= 11 is 0. The summed E-state index contributed by atoms with van der Waals surface area (Å²) in [6.07, 6.45) is 1.97. The highest BCUT2D eigenvalue weighted by Crippen LogP contribution is 2.16. The second-order valence-electron chi connectivity index (χ2n) is 3.12. The van der Waals surface area contributed by atoms with Crippen LogP contribution in [0, 0.1) is 6.92 Å². The maximum absolute atomic E-state index is 10.6. The summed E-state index contributed by atoms with van der Waals surface area (Å²) in [5, 5.41) is 4.12. The van der Waals surface area contributed by atoms with Gasteiger partial charge in [0.05, 0.1) is 5.69 Å². The Bertz CT molecular complexity index is 318. The lowest BCUT2D eigenvalue weighted by molar-refractivity contribution is -0.118. The van der Waals surface area contributed by atoms with Crippen molar-refractivity contribution in [3.05, 3.63) is 17.5 Å². The van der Waals surface area contributed by atoms with Gasteiger partial charge in [0.15, 0.2) is 0 Å². The SMILES string of the molecule is Cc1nn(C)cc1[C@@H](N)CC(N)=O. The Morgan fingerprint density at radius 2 is 2.38 bits per heavy atom. The Kier molecular flexibility index (Phi) is 2.67. The number of nitrogens with two attached hydrogens (primary N) is 2. The Balaban J connectivity index is 2.81. The van der Waals surface area contributed by atoms with Gasteiger partial charge in [-0.1, -0.05) is 0 Å². The first-order valence-corrected chi connectivity index (χ1v) is 4.04. The lowest BCUT2D eigenvalue weighted by Crippen LogP contribution is -2.20. The maximum Gasteiger partial charge on any atom is 0.219 e. The van der Waals surface area contributed by atoms with E-state index in [2.05, 4.69) is 5.10 Å². The van der Waals surface area contributed by atoms with Crippen molar-refractivity contribution in [2.75, 3.05) is 0 Å².